The Morgan fingerprint density at radius 2 is 1.91 bits per heavy atom. The second kappa shape index (κ2) is 8.87. The van der Waals surface area contributed by atoms with Crippen molar-refractivity contribution in [1.82, 2.24) is 14.6 Å². The van der Waals surface area contributed by atoms with Crippen molar-refractivity contribution in [3.63, 3.8) is 0 Å². The Labute approximate surface area is 199 Å². The average Bonchev–Trinajstić information content (AvgIpc) is 3.12. The number of benzene rings is 2. The first kappa shape index (κ1) is 22.0. The number of para-hydroxylation sites is 1. The maximum atomic E-state index is 13.1. The van der Waals surface area contributed by atoms with Crippen molar-refractivity contribution in [1.29, 1.82) is 0 Å². The average molecular weight is 474 g/mol. The molecular weight excluding hydrogens is 450 g/mol. The van der Waals surface area contributed by atoms with Gasteiger partial charge >= 0.3 is 5.56 Å². The van der Waals surface area contributed by atoms with Crippen molar-refractivity contribution in [3.8, 4) is 22.8 Å². The van der Waals surface area contributed by atoms with Crippen molar-refractivity contribution in [3.05, 3.63) is 84.9 Å². The fraction of sp³-hybridized carbons (Fsp3) is 0.231. The van der Waals surface area contributed by atoms with Gasteiger partial charge in [0.1, 0.15) is 17.6 Å². The number of hydrogen-bond acceptors (Lipinski definition) is 7. The molecule has 0 saturated heterocycles. The van der Waals surface area contributed by atoms with E-state index >= 15 is 0 Å². The molecule has 0 bridgehead atoms. The molecule has 0 saturated carbocycles. The molecule has 0 aliphatic carbocycles. The van der Waals surface area contributed by atoms with Crippen LogP contribution in [0.15, 0.2) is 63.7 Å². The highest BCUT2D eigenvalue weighted by Crippen LogP contribution is 2.29. The molecular formula is C26H23N3O4S. The highest BCUT2D eigenvalue weighted by Gasteiger charge is 2.18. The van der Waals surface area contributed by atoms with Gasteiger partial charge in [-0.3, -0.25) is 9.59 Å². The predicted molar refractivity (Wildman–Crippen MR) is 133 cm³/mol. The van der Waals surface area contributed by atoms with Crippen LogP contribution in [0.1, 0.15) is 26.3 Å². The lowest BCUT2D eigenvalue weighted by molar-refractivity contribution is 0.259. The SMILES string of the molecule is CC(C)COc1ccc(-c2nn3c(=O)/c(=C\C4=Cc5ccccc5OC4C)sc3nc2=O)cc1. The predicted octanol–water partition coefficient (Wildman–Crippen LogP) is 3.58. The van der Waals surface area contributed by atoms with Gasteiger partial charge in [0.15, 0.2) is 5.69 Å². The topological polar surface area (TPSA) is 82.8 Å². The minimum atomic E-state index is -0.480. The summed E-state index contributed by atoms with van der Waals surface area (Å²) in [5.41, 5.74) is 1.71. The number of fused-ring (bicyclic) bond motifs is 2. The lowest BCUT2D eigenvalue weighted by atomic mass is 10.0. The van der Waals surface area contributed by atoms with Crippen LogP contribution in [-0.2, 0) is 0 Å². The van der Waals surface area contributed by atoms with E-state index in [4.69, 9.17) is 9.47 Å². The molecule has 8 heteroatoms. The zero-order valence-electron chi connectivity index (χ0n) is 19.0. The summed E-state index contributed by atoms with van der Waals surface area (Å²) in [6.07, 6.45) is 3.58. The number of hydrogen-bond donors (Lipinski definition) is 0. The van der Waals surface area contributed by atoms with Gasteiger partial charge in [0.05, 0.1) is 11.1 Å². The molecule has 5 rings (SSSR count). The van der Waals surface area contributed by atoms with Crippen molar-refractivity contribution in [2.45, 2.75) is 26.9 Å². The van der Waals surface area contributed by atoms with Crippen molar-refractivity contribution in [2.24, 2.45) is 5.92 Å². The van der Waals surface area contributed by atoms with Crippen LogP contribution in [0, 0.1) is 5.92 Å². The van der Waals surface area contributed by atoms with Crippen LogP contribution in [0.5, 0.6) is 11.5 Å². The van der Waals surface area contributed by atoms with Crippen LogP contribution in [0.3, 0.4) is 0 Å². The molecule has 172 valence electrons. The molecule has 0 N–H and O–H groups in total. The van der Waals surface area contributed by atoms with Crippen molar-refractivity contribution < 1.29 is 9.47 Å². The molecule has 0 fully saturated rings. The van der Waals surface area contributed by atoms with E-state index in [2.05, 4.69) is 23.9 Å². The summed E-state index contributed by atoms with van der Waals surface area (Å²) in [5, 5.41) is 4.35. The molecule has 2 aromatic carbocycles. The van der Waals surface area contributed by atoms with Gasteiger partial charge in [-0.15, -0.1) is 0 Å². The first-order valence-electron chi connectivity index (χ1n) is 11.0. The molecule has 1 unspecified atom stereocenters. The van der Waals surface area contributed by atoms with Crippen molar-refractivity contribution in [2.75, 3.05) is 6.61 Å². The maximum Gasteiger partial charge on any atom is 0.300 e. The molecule has 4 aromatic rings. The van der Waals surface area contributed by atoms with E-state index in [1.807, 2.05) is 37.3 Å². The van der Waals surface area contributed by atoms with E-state index in [-0.39, 0.29) is 22.3 Å². The van der Waals surface area contributed by atoms with Crippen LogP contribution in [-0.4, -0.2) is 27.3 Å². The van der Waals surface area contributed by atoms with Gasteiger partial charge in [-0.25, -0.2) is 0 Å². The minimum Gasteiger partial charge on any atom is -0.493 e. The highest BCUT2D eigenvalue weighted by atomic mass is 32.1. The molecule has 1 aliphatic rings. The van der Waals surface area contributed by atoms with Crippen LogP contribution in [0.4, 0.5) is 0 Å². The maximum absolute atomic E-state index is 13.1. The van der Waals surface area contributed by atoms with Gasteiger partial charge in [0, 0.05) is 11.1 Å². The van der Waals surface area contributed by atoms with E-state index < -0.39 is 5.56 Å². The van der Waals surface area contributed by atoms with E-state index in [0.717, 1.165) is 28.2 Å². The van der Waals surface area contributed by atoms with Crippen LogP contribution in [0.2, 0.25) is 0 Å². The fourth-order valence-electron chi connectivity index (χ4n) is 3.63. The van der Waals surface area contributed by atoms with E-state index in [1.165, 1.54) is 4.52 Å². The molecule has 1 aliphatic heterocycles. The Morgan fingerprint density at radius 3 is 2.68 bits per heavy atom. The van der Waals surface area contributed by atoms with Crippen molar-refractivity contribution >= 4 is 28.4 Å². The van der Waals surface area contributed by atoms with Gasteiger partial charge in [0.25, 0.3) is 5.56 Å². The summed E-state index contributed by atoms with van der Waals surface area (Å²) in [6.45, 7) is 6.68. The molecule has 7 nitrogen and oxygen atoms in total. The van der Waals surface area contributed by atoms with Gasteiger partial charge in [-0.1, -0.05) is 43.4 Å². The Bertz CT molecular complexity index is 1570. The number of aromatic nitrogens is 3. The first-order valence-corrected chi connectivity index (χ1v) is 11.9. The van der Waals surface area contributed by atoms with Crippen LogP contribution < -0.4 is 25.1 Å². The quantitative estimate of drug-likeness (QED) is 0.441. The summed E-state index contributed by atoms with van der Waals surface area (Å²) >= 11 is 1.14. The smallest absolute Gasteiger partial charge is 0.300 e. The first-order chi connectivity index (χ1) is 16.4. The summed E-state index contributed by atoms with van der Waals surface area (Å²) < 4.78 is 13.3. The third-order valence-electron chi connectivity index (χ3n) is 5.41. The molecule has 0 spiro atoms. The highest BCUT2D eigenvalue weighted by molar-refractivity contribution is 7.15. The molecule has 2 aromatic heterocycles. The largest absolute Gasteiger partial charge is 0.493 e. The number of nitrogens with zero attached hydrogens (tertiary/aromatic N) is 3. The van der Waals surface area contributed by atoms with E-state index in [0.29, 0.717) is 28.4 Å². The Balaban J connectivity index is 1.53. The van der Waals surface area contributed by atoms with Gasteiger partial charge < -0.3 is 9.47 Å². The van der Waals surface area contributed by atoms with Gasteiger partial charge in [0.2, 0.25) is 4.96 Å². The van der Waals surface area contributed by atoms with E-state index in [1.54, 1.807) is 30.3 Å². The molecule has 34 heavy (non-hydrogen) atoms. The number of thiazole rings is 1. The molecule has 1 atom stereocenters. The van der Waals surface area contributed by atoms with Gasteiger partial charge in [-0.2, -0.15) is 14.6 Å². The van der Waals surface area contributed by atoms with E-state index in [9.17, 15) is 9.59 Å². The summed E-state index contributed by atoms with van der Waals surface area (Å²) in [7, 11) is 0. The standard InChI is InChI=1S/C26H23N3O4S/c1-15(2)14-32-20-10-8-17(9-11-20)23-24(30)27-26-29(28-23)25(31)22(34-26)13-19-12-18-6-4-5-7-21(18)33-16(19)3/h4-13,15-16H,14H2,1-3H3/b22-13+. The number of rotatable bonds is 5. The molecule has 0 amide bonds. The summed E-state index contributed by atoms with van der Waals surface area (Å²) in [6, 6.07) is 14.8. The lowest BCUT2D eigenvalue weighted by Crippen LogP contribution is -2.28. The third kappa shape index (κ3) is 4.24. The normalized spacial score (nSPS) is 15.8. The minimum absolute atomic E-state index is 0.122. The Hall–Kier alpha value is -3.78. The summed E-state index contributed by atoms with van der Waals surface area (Å²) in [4.78, 5) is 30.2. The molecule has 0 radical (unpaired) electrons. The zero-order chi connectivity index (χ0) is 23.8. The van der Waals surface area contributed by atoms with Crippen LogP contribution >= 0.6 is 11.3 Å². The Morgan fingerprint density at radius 1 is 1.15 bits per heavy atom. The Kier molecular flexibility index (Phi) is 5.75. The van der Waals surface area contributed by atoms with Crippen LogP contribution in [0.25, 0.3) is 28.4 Å². The monoisotopic (exact) mass is 473 g/mol. The summed E-state index contributed by atoms with van der Waals surface area (Å²) in [5.74, 6) is 1.93. The molecule has 3 heterocycles. The fourth-order valence-corrected chi connectivity index (χ4v) is 4.54. The second-order valence-electron chi connectivity index (χ2n) is 8.55. The zero-order valence-corrected chi connectivity index (χ0v) is 19.8. The lowest BCUT2D eigenvalue weighted by Gasteiger charge is -2.22. The number of ether oxygens (including phenoxy) is 2. The van der Waals surface area contributed by atoms with Gasteiger partial charge in [-0.05, 0) is 60.9 Å². The third-order valence-corrected chi connectivity index (χ3v) is 6.37. The second-order valence-corrected chi connectivity index (χ2v) is 9.56.